The van der Waals surface area contributed by atoms with Crippen molar-refractivity contribution in [2.45, 2.75) is 37.8 Å². The first kappa shape index (κ1) is 8.75. The first-order valence-corrected chi connectivity index (χ1v) is 4.35. The highest BCUT2D eigenvalue weighted by molar-refractivity contribution is 4.84. The van der Waals surface area contributed by atoms with Crippen LogP contribution in [0.15, 0.2) is 12.7 Å². The van der Waals surface area contributed by atoms with Gasteiger partial charge < -0.3 is 10.4 Å². The minimum atomic E-state index is -0.0353. The summed E-state index contributed by atoms with van der Waals surface area (Å²) in [4.78, 5) is 0. The van der Waals surface area contributed by atoms with Crippen LogP contribution >= 0.6 is 0 Å². The molecule has 0 aromatic carbocycles. The van der Waals surface area contributed by atoms with Crippen molar-refractivity contribution in [3.8, 4) is 0 Å². The van der Waals surface area contributed by atoms with E-state index in [1.807, 2.05) is 6.08 Å². The average molecular weight is 155 g/mol. The molecule has 11 heavy (non-hydrogen) atoms. The molecule has 0 aromatic rings. The normalized spacial score (nSPS) is 29.5. The van der Waals surface area contributed by atoms with E-state index in [1.165, 1.54) is 0 Å². The zero-order valence-electron chi connectivity index (χ0n) is 6.92. The fourth-order valence-corrected chi connectivity index (χ4v) is 1.31. The zero-order chi connectivity index (χ0) is 8.10. The molecule has 1 saturated carbocycles. The molecule has 0 aliphatic heterocycles. The zero-order valence-corrected chi connectivity index (χ0v) is 6.92. The first-order chi connectivity index (χ1) is 5.33. The topological polar surface area (TPSA) is 32.3 Å². The second kappa shape index (κ2) is 4.52. The van der Waals surface area contributed by atoms with E-state index in [9.17, 15) is 0 Å². The van der Waals surface area contributed by atoms with Gasteiger partial charge in [0.15, 0.2) is 0 Å². The molecule has 2 heteroatoms. The van der Waals surface area contributed by atoms with Crippen molar-refractivity contribution < 1.29 is 5.11 Å². The summed E-state index contributed by atoms with van der Waals surface area (Å²) in [5, 5.41) is 12.3. The predicted molar refractivity (Wildman–Crippen MR) is 46.5 cm³/mol. The summed E-state index contributed by atoms with van der Waals surface area (Å²) in [6.07, 6.45) is 6.03. The minimum Gasteiger partial charge on any atom is -0.393 e. The molecule has 0 spiro atoms. The van der Waals surface area contributed by atoms with Gasteiger partial charge >= 0.3 is 0 Å². The Morgan fingerprint density at radius 1 is 1.55 bits per heavy atom. The van der Waals surface area contributed by atoms with E-state index in [-0.39, 0.29) is 6.10 Å². The van der Waals surface area contributed by atoms with E-state index in [2.05, 4.69) is 11.9 Å². The predicted octanol–water partition coefficient (Wildman–Crippen LogP) is 1.07. The molecule has 0 unspecified atom stereocenters. The van der Waals surface area contributed by atoms with E-state index < -0.39 is 0 Å². The Morgan fingerprint density at radius 2 is 2.27 bits per heavy atom. The quantitative estimate of drug-likeness (QED) is 0.459. The number of allylic oxidation sites excluding steroid dienone is 1. The first-order valence-electron chi connectivity index (χ1n) is 4.35. The molecule has 64 valence electrons. The molecule has 1 rings (SSSR count). The summed E-state index contributed by atoms with van der Waals surface area (Å²) < 4.78 is 0. The van der Waals surface area contributed by atoms with Crippen molar-refractivity contribution in [2.24, 2.45) is 0 Å². The lowest BCUT2D eigenvalue weighted by molar-refractivity contribution is 0.0627. The minimum absolute atomic E-state index is 0.0353. The number of aliphatic hydroxyl groups is 1. The van der Waals surface area contributed by atoms with Gasteiger partial charge in [-0.2, -0.15) is 0 Å². The van der Waals surface area contributed by atoms with Gasteiger partial charge in [0.1, 0.15) is 0 Å². The summed E-state index contributed by atoms with van der Waals surface area (Å²) in [5.41, 5.74) is 0. The fourth-order valence-electron chi connectivity index (χ4n) is 1.31. The Labute approximate surface area is 68.3 Å². The maximum Gasteiger partial charge on any atom is 0.0570 e. The number of unbranched alkanes of at least 4 members (excludes halogenated alkanes) is 1. The van der Waals surface area contributed by atoms with E-state index >= 15 is 0 Å². The van der Waals surface area contributed by atoms with Crippen LogP contribution < -0.4 is 5.32 Å². The van der Waals surface area contributed by atoms with Crippen LogP contribution in [0.1, 0.15) is 25.7 Å². The smallest absolute Gasteiger partial charge is 0.0570 e. The van der Waals surface area contributed by atoms with Gasteiger partial charge in [0.05, 0.1) is 6.10 Å². The Bertz CT molecular complexity index is 119. The van der Waals surface area contributed by atoms with Crippen LogP contribution in [0.25, 0.3) is 0 Å². The van der Waals surface area contributed by atoms with E-state index in [4.69, 9.17) is 5.11 Å². The molecular weight excluding hydrogens is 138 g/mol. The second-order valence-corrected chi connectivity index (χ2v) is 3.21. The number of rotatable bonds is 5. The highest BCUT2D eigenvalue weighted by Gasteiger charge is 2.25. The van der Waals surface area contributed by atoms with Crippen LogP contribution in [0.2, 0.25) is 0 Å². The molecule has 0 amide bonds. The standard InChI is InChI=1S/C9H17NO/c1-2-3-4-5-10-8-6-9(11)7-8/h2,8-11H,1,3-7H2. The number of aliphatic hydroxyl groups excluding tert-OH is 1. The monoisotopic (exact) mass is 155 g/mol. The van der Waals surface area contributed by atoms with Crippen molar-refractivity contribution >= 4 is 0 Å². The molecule has 0 heterocycles. The van der Waals surface area contributed by atoms with Crippen molar-refractivity contribution in [3.63, 3.8) is 0 Å². The van der Waals surface area contributed by atoms with Gasteiger partial charge in [0.25, 0.3) is 0 Å². The lowest BCUT2D eigenvalue weighted by atomic mass is 9.89. The summed E-state index contributed by atoms with van der Waals surface area (Å²) in [6.45, 7) is 4.71. The molecule has 0 bridgehead atoms. The molecule has 1 aliphatic carbocycles. The maximum atomic E-state index is 8.96. The maximum absolute atomic E-state index is 8.96. The van der Waals surface area contributed by atoms with Crippen molar-refractivity contribution in [1.29, 1.82) is 0 Å². The van der Waals surface area contributed by atoms with Gasteiger partial charge in [-0.3, -0.25) is 0 Å². The lowest BCUT2D eigenvalue weighted by Crippen LogP contribution is -2.44. The van der Waals surface area contributed by atoms with Gasteiger partial charge in [-0.05, 0) is 32.2 Å². The highest BCUT2D eigenvalue weighted by Crippen LogP contribution is 2.18. The van der Waals surface area contributed by atoms with Crippen LogP contribution in [-0.4, -0.2) is 23.8 Å². The number of nitrogens with one attached hydrogen (secondary N) is 1. The van der Waals surface area contributed by atoms with E-state index in [0.717, 1.165) is 32.2 Å². The average Bonchev–Trinajstić information content (AvgIpc) is 1.94. The Morgan fingerprint density at radius 3 is 2.82 bits per heavy atom. The molecule has 0 atom stereocenters. The van der Waals surface area contributed by atoms with Crippen LogP contribution in [0.4, 0.5) is 0 Å². The van der Waals surface area contributed by atoms with Crippen LogP contribution in [-0.2, 0) is 0 Å². The van der Waals surface area contributed by atoms with E-state index in [0.29, 0.717) is 6.04 Å². The molecule has 0 saturated heterocycles. The van der Waals surface area contributed by atoms with Crippen LogP contribution in [0.3, 0.4) is 0 Å². The summed E-state index contributed by atoms with van der Waals surface area (Å²) in [5.74, 6) is 0. The van der Waals surface area contributed by atoms with Gasteiger partial charge in [0.2, 0.25) is 0 Å². The lowest BCUT2D eigenvalue weighted by Gasteiger charge is -2.32. The molecule has 0 aromatic heterocycles. The third-order valence-electron chi connectivity index (χ3n) is 2.13. The van der Waals surface area contributed by atoms with Gasteiger partial charge in [-0.15, -0.1) is 6.58 Å². The van der Waals surface area contributed by atoms with Crippen molar-refractivity contribution in [2.75, 3.05) is 6.54 Å². The third kappa shape index (κ3) is 3.04. The number of hydrogen-bond acceptors (Lipinski definition) is 2. The second-order valence-electron chi connectivity index (χ2n) is 3.21. The molecule has 0 radical (unpaired) electrons. The molecule has 2 N–H and O–H groups in total. The Balaban J connectivity index is 1.84. The Kier molecular flexibility index (Phi) is 3.60. The molecule has 1 fully saturated rings. The summed E-state index contributed by atoms with van der Waals surface area (Å²) in [7, 11) is 0. The van der Waals surface area contributed by atoms with Gasteiger partial charge in [-0.1, -0.05) is 6.08 Å². The van der Waals surface area contributed by atoms with Crippen LogP contribution in [0, 0.1) is 0 Å². The largest absolute Gasteiger partial charge is 0.393 e. The molecule has 2 nitrogen and oxygen atoms in total. The summed E-state index contributed by atoms with van der Waals surface area (Å²) >= 11 is 0. The highest BCUT2D eigenvalue weighted by atomic mass is 16.3. The van der Waals surface area contributed by atoms with Crippen LogP contribution in [0.5, 0.6) is 0 Å². The van der Waals surface area contributed by atoms with E-state index in [1.54, 1.807) is 0 Å². The SMILES string of the molecule is C=CCCCNC1CC(O)C1. The molecular formula is C9H17NO. The van der Waals surface area contributed by atoms with Gasteiger partial charge in [-0.25, -0.2) is 0 Å². The fraction of sp³-hybridized carbons (Fsp3) is 0.778. The van der Waals surface area contributed by atoms with Gasteiger partial charge in [0, 0.05) is 6.04 Å². The summed E-state index contributed by atoms with van der Waals surface area (Å²) in [6, 6.07) is 0.579. The molecule has 1 aliphatic rings. The number of hydrogen-bond donors (Lipinski definition) is 2. The Hall–Kier alpha value is -0.340. The van der Waals surface area contributed by atoms with Crippen molar-refractivity contribution in [3.05, 3.63) is 12.7 Å². The van der Waals surface area contributed by atoms with Crippen molar-refractivity contribution in [1.82, 2.24) is 5.32 Å². The third-order valence-corrected chi connectivity index (χ3v) is 2.13.